The Hall–Kier alpha value is -2.78. The van der Waals surface area contributed by atoms with Crippen LogP contribution in [0.2, 0.25) is 0 Å². The first kappa shape index (κ1) is 32.1. The number of hydrogen-bond donors (Lipinski definition) is 0. The fourth-order valence-electron chi connectivity index (χ4n) is 5.82. The Kier molecular flexibility index (Phi) is 13.3. The lowest BCUT2D eigenvalue weighted by Gasteiger charge is -2.31. The Balaban J connectivity index is 1.39. The highest BCUT2D eigenvalue weighted by atomic mass is 16.5. The van der Waals surface area contributed by atoms with Crippen molar-refractivity contribution in [2.45, 2.75) is 39.5 Å². The highest BCUT2D eigenvalue weighted by Gasteiger charge is 2.26. The van der Waals surface area contributed by atoms with Gasteiger partial charge in [-0.2, -0.15) is 0 Å². The minimum atomic E-state index is -0.0967. The van der Waals surface area contributed by atoms with E-state index in [9.17, 15) is 9.59 Å². The van der Waals surface area contributed by atoms with E-state index < -0.39 is 0 Å². The maximum Gasteiger partial charge on any atom is 0.167 e. The summed E-state index contributed by atoms with van der Waals surface area (Å²) in [6.07, 6.45) is 3.39. The number of ether oxygens (including phenoxy) is 4. The van der Waals surface area contributed by atoms with Gasteiger partial charge in [0, 0.05) is 62.2 Å². The Labute approximate surface area is 251 Å². The van der Waals surface area contributed by atoms with Gasteiger partial charge in [-0.05, 0) is 75.2 Å². The Bertz CT molecular complexity index is 991. The maximum atomic E-state index is 13.7. The van der Waals surface area contributed by atoms with Gasteiger partial charge in [-0.3, -0.25) is 19.4 Å². The molecule has 2 aromatic rings. The number of carbonyl (C=O) groups is 2. The van der Waals surface area contributed by atoms with E-state index in [1.807, 2.05) is 62.4 Å². The molecule has 2 fully saturated rings. The third kappa shape index (κ3) is 9.90. The van der Waals surface area contributed by atoms with Crippen molar-refractivity contribution in [2.75, 3.05) is 78.9 Å². The first-order valence-corrected chi connectivity index (χ1v) is 15.7. The molecule has 2 aliphatic rings. The van der Waals surface area contributed by atoms with Gasteiger partial charge < -0.3 is 18.9 Å². The molecule has 0 amide bonds. The number of carbonyl (C=O) groups excluding carboxylic acids is 2. The van der Waals surface area contributed by atoms with Gasteiger partial charge in [0.15, 0.2) is 11.6 Å². The van der Waals surface area contributed by atoms with Crippen LogP contribution in [0.3, 0.4) is 0 Å². The molecule has 2 aromatic carbocycles. The van der Waals surface area contributed by atoms with E-state index in [1.54, 1.807) is 0 Å². The number of morpholine rings is 2. The minimum Gasteiger partial charge on any atom is -0.494 e. The van der Waals surface area contributed by atoms with Crippen LogP contribution in [0.25, 0.3) is 0 Å². The highest BCUT2D eigenvalue weighted by molar-refractivity contribution is 5.98. The smallest absolute Gasteiger partial charge is 0.167 e. The van der Waals surface area contributed by atoms with Gasteiger partial charge in [0.1, 0.15) is 11.5 Å². The molecule has 2 saturated heterocycles. The van der Waals surface area contributed by atoms with Crippen LogP contribution in [0, 0.1) is 11.8 Å². The van der Waals surface area contributed by atoms with Gasteiger partial charge in [0.05, 0.1) is 39.6 Å². The molecule has 2 atom stereocenters. The molecule has 0 saturated carbocycles. The lowest BCUT2D eigenvalue weighted by molar-refractivity contribution is 0.0283. The second kappa shape index (κ2) is 17.4. The summed E-state index contributed by atoms with van der Waals surface area (Å²) in [5, 5.41) is 0. The minimum absolute atomic E-state index is 0.0967. The lowest BCUT2D eigenvalue weighted by Crippen LogP contribution is -2.41. The van der Waals surface area contributed by atoms with Crippen molar-refractivity contribution < 1.29 is 28.5 Å². The second-order valence-corrected chi connectivity index (χ2v) is 11.1. The van der Waals surface area contributed by atoms with E-state index in [4.69, 9.17) is 18.9 Å². The number of unbranched alkanes of at least 4 members (excludes halogenated alkanes) is 1. The summed E-state index contributed by atoms with van der Waals surface area (Å²) in [5.74, 6) is 1.73. The van der Waals surface area contributed by atoms with E-state index >= 15 is 0 Å². The summed E-state index contributed by atoms with van der Waals surface area (Å²) in [5.41, 5.74) is 1.46. The molecule has 2 heterocycles. The van der Waals surface area contributed by atoms with E-state index in [-0.39, 0.29) is 23.4 Å². The maximum absolute atomic E-state index is 13.7. The molecule has 0 aromatic heterocycles. The molecule has 8 heteroatoms. The summed E-state index contributed by atoms with van der Waals surface area (Å²) in [7, 11) is 0. The first-order valence-electron chi connectivity index (χ1n) is 15.7. The average Bonchev–Trinajstić information content (AvgIpc) is 3.03. The topological polar surface area (TPSA) is 77.5 Å². The van der Waals surface area contributed by atoms with Gasteiger partial charge in [-0.1, -0.05) is 12.8 Å². The molecule has 0 spiro atoms. The van der Waals surface area contributed by atoms with E-state index in [0.29, 0.717) is 39.6 Å². The third-order valence-corrected chi connectivity index (χ3v) is 8.16. The predicted octanol–water partition coefficient (Wildman–Crippen LogP) is 5.01. The van der Waals surface area contributed by atoms with Gasteiger partial charge >= 0.3 is 0 Å². The molecule has 2 unspecified atom stereocenters. The number of hydrogen-bond acceptors (Lipinski definition) is 8. The van der Waals surface area contributed by atoms with Crippen molar-refractivity contribution in [1.82, 2.24) is 9.80 Å². The monoisotopic (exact) mass is 580 g/mol. The summed E-state index contributed by atoms with van der Waals surface area (Å²) < 4.78 is 22.2. The molecule has 42 heavy (non-hydrogen) atoms. The predicted molar refractivity (Wildman–Crippen MR) is 164 cm³/mol. The molecule has 0 bridgehead atoms. The molecule has 2 aliphatic heterocycles. The number of benzene rings is 2. The molecule has 4 rings (SSSR count). The molecule has 0 radical (unpaired) electrons. The molecule has 0 aliphatic carbocycles. The Morgan fingerprint density at radius 1 is 0.643 bits per heavy atom. The van der Waals surface area contributed by atoms with Gasteiger partial charge in [-0.15, -0.1) is 0 Å². The van der Waals surface area contributed by atoms with Crippen molar-refractivity contribution in [3.63, 3.8) is 0 Å². The quantitative estimate of drug-likeness (QED) is 0.191. The van der Waals surface area contributed by atoms with Gasteiger partial charge in [-0.25, -0.2) is 0 Å². The Morgan fingerprint density at radius 2 is 1.00 bits per heavy atom. The van der Waals surface area contributed by atoms with Crippen molar-refractivity contribution in [1.29, 1.82) is 0 Å². The van der Waals surface area contributed by atoms with E-state index in [1.165, 1.54) is 0 Å². The highest BCUT2D eigenvalue weighted by Crippen LogP contribution is 2.24. The standard InChI is InChI=1S/C34H48N2O6/c1-3-41-31-13-9-27(10-14-31)33(37)29(25-35-17-21-39-22-18-35)7-5-6-8-30(26-36-19-23-40-24-20-36)34(38)28-11-15-32(16-12-28)42-4-2/h9-16,29-30H,3-8,17-26H2,1-2H3. The first-order chi connectivity index (χ1) is 20.6. The molecule has 230 valence electrons. The zero-order valence-electron chi connectivity index (χ0n) is 25.4. The Morgan fingerprint density at radius 3 is 1.33 bits per heavy atom. The number of nitrogens with zero attached hydrogens (tertiary/aromatic N) is 2. The summed E-state index contributed by atoms with van der Waals surface area (Å²) in [4.78, 5) is 32.0. The molecule has 8 nitrogen and oxygen atoms in total. The van der Waals surface area contributed by atoms with E-state index in [2.05, 4.69) is 9.80 Å². The zero-order valence-corrected chi connectivity index (χ0v) is 25.4. The third-order valence-electron chi connectivity index (χ3n) is 8.16. The van der Waals surface area contributed by atoms with Crippen LogP contribution in [0.4, 0.5) is 0 Å². The van der Waals surface area contributed by atoms with Crippen LogP contribution in [0.5, 0.6) is 11.5 Å². The van der Waals surface area contributed by atoms with Crippen molar-refractivity contribution in [2.24, 2.45) is 11.8 Å². The number of ketones is 2. The normalized spacial score (nSPS) is 17.9. The number of Topliss-reactive ketones (excluding diaryl/α,β-unsaturated/α-hetero) is 2. The lowest BCUT2D eigenvalue weighted by atomic mass is 9.88. The van der Waals surface area contributed by atoms with Crippen molar-refractivity contribution in [3.8, 4) is 11.5 Å². The summed E-state index contributed by atoms with van der Waals surface area (Å²) in [6, 6.07) is 15.1. The van der Waals surface area contributed by atoms with Gasteiger partial charge in [0.25, 0.3) is 0 Å². The molecule has 0 N–H and O–H groups in total. The summed E-state index contributed by atoms with van der Waals surface area (Å²) in [6.45, 7) is 12.8. The second-order valence-electron chi connectivity index (χ2n) is 11.1. The molecular formula is C34H48N2O6. The summed E-state index contributed by atoms with van der Waals surface area (Å²) >= 11 is 0. The molecular weight excluding hydrogens is 532 g/mol. The fourth-order valence-corrected chi connectivity index (χ4v) is 5.82. The van der Waals surface area contributed by atoms with Crippen LogP contribution in [-0.2, 0) is 9.47 Å². The van der Waals surface area contributed by atoms with Crippen LogP contribution in [0.1, 0.15) is 60.2 Å². The largest absolute Gasteiger partial charge is 0.494 e. The van der Waals surface area contributed by atoms with Crippen LogP contribution in [0.15, 0.2) is 48.5 Å². The van der Waals surface area contributed by atoms with Crippen LogP contribution < -0.4 is 9.47 Å². The van der Waals surface area contributed by atoms with Crippen molar-refractivity contribution >= 4 is 11.6 Å². The van der Waals surface area contributed by atoms with Crippen LogP contribution in [-0.4, -0.2) is 100 Å². The van der Waals surface area contributed by atoms with Crippen LogP contribution >= 0.6 is 0 Å². The SMILES string of the molecule is CCOc1ccc(C(=O)C(CCCCC(CN2CCOCC2)C(=O)c2ccc(OCC)cc2)CN2CCOCC2)cc1. The average molecular weight is 581 g/mol. The van der Waals surface area contributed by atoms with Gasteiger partial charge in [0.2, 0.25) is 0 Å². The number of rotatable bonds is 17. The van der Waals surface area contributed by atoms with Crippen molar-refractivity contribution in [3.05, 3.63) is 59.7 Å². The zero-order chi connectivity index (χ0) is 29.6. The van der Waals surface area contributed by atoms with E-state index in [0.717, 1.165) is 87.6 Å². The fraction of sp³-hybridized carbons (Fsp3) is 0.588.